The Balaban J connectivity index is 1.36. The van der Waals surface area contributed by atoms with Gasteiger partial charge in [0, 0.05) is 53.2 Å². The van der Waals surface area contributed by atoms with E-state index in [0.29, 0.717) is 17.3 Å². The highest BCUT2D eigenvalue weighted by molar-refractivity contribution is 5.98. The van der Waals surface area contributed by atoms with Gasteiger partial charge in [-0.2, -0.15) is 5.10 Å². The topological polar surface area (TPSA) is 103 Å². The third-order valence-electron chi connectivity index (χ3n) is 6.33. The number of hydrogen-bond acceptors (Lipinski definition) is 5. The highest BCUT2D eigenvalue weighted by Gasteiger charge is 2.18. The van der Waals surface area contributed by atoms with Crippen LogP contribution in [0, 0.1) is 0 Å². The molecule has 5 aromatic rings. The summed E-state index contributed by atoms with van der Waals surface area (Å²) in [4.78, 5) is 27.0. The Hall–Kier alpha value is -4.46. The number of nitrogens with one attached hydrogen (secondary N) is 3. The molecule has 0 saturated carbocycles. The molecule has 0 fully saturated rings. The molecule has 0 aliphatic carbocycles. The zero-order chi connectivity index (χ0) is 24.4. The van der Waals surface area contributed by atoms with E-state index in [9.17, 15) is 4.79 Å². The van der Waals surface area contributed by atoms with Gasteiger partial charge in [-0.25, -0.2) is 9.97 Å². The van der Waals surface area contributed by atoms with Crippen molar-refractivity contribution in [3.8, 4) is 22.5 Å². The van der Waals surface area contributed by atoms with Gasteiger partial charge in [-0.05, 0) is 49.2 Å². The lowest BCUT2D eigenvalue weighted by Gasteiger charge is -2.23. The van der Waals surface area contributed by atoms with E-state index in [1.54, 1.807) is 17.3 Å². The molecule has 1 amide bonds. The Bertz CT molecular complexity index is 1450. The number of carbonyl (C=O) groups is 1. The van der Waals surface area contributed by atoms with Crippen LogP contribution in [0.25, 0.3) is 33.4 Å². The highest BCUT2D eigenvalue weighted by atomic mass is 16.2. The average molecular weight is 466 g/mol. The van der Waals surface area contributed by atoms with Gasteiger partial charge in [-0.1, -0.05) is 31.2 Å². The van der Waals surface area contributed by atoms with Crippen molar-refractivity contribution in [3.63, 3.8) is 0 Å². The number of benzene rings is 2. The Morgan fingerprint density at radius 2 is 1.86 bits per heavy atom. The van der Waals surface area contributed by atoms with Crippen LogP contribution in [0.5, 0.6) is 0 Å². The molecule has 2 aromatic carbocycles. The Morgan fingerprint density at radius 3 is 2.60 bits per heavy atom. The van der Waals surface area contributed by atoms with Crippen molar-refractivity contribution in [2.75, 3.05) is 12.4 Å². The van der Waals surface area contributed by atoms with Crippen LogP contribution in [-0.4, -0.2) is 49.0 Å². The molecule has 1 unspecified atom stereocenters. The summed E-state index contributed by atoms with van der Waals surface area (Å²) >= 11 is 0. The molecule has 5 rings (SSSR count). The van der Waals surface area contributed by atoms with Crippen molar-refractivity contribution in [2.24, 2.45) is 0 Å². The zero-order valence-corrected chi connectivity index (χ0v) is 19.9. The summed E-state index contributed by atoms with van der Waals surface area (Å²) in [5.74, 6) is 1.29. The van der Waals surface area contributed by atoms with Crippen molar-refractivity contribution < 1.29 is 4.79 Å². The Kier molecular flexibility index (Phi) is 6.01. The van der Waals surface area contributed by atoms with Crippen molar-refractivity contribution >= 4 is 28.3 Å². The minimum atomic E-state index is -0.0154. The van der Waals surface area contributed by atoms with Crippen LogP contribution in [-0.2, 0) is 0 Å². The summed E-state index contributed by atoms with van der Waals surface area (Å²) in [5, 5.41) is 11.1. The summed E-state index contributed by atoms with van der Waals surface area (Å²) in [6, 6.07) is 17.9. The van der Waals surface area contributed by atoms with Gasteiger partial charge in [0.15, 0.2) is 5.82 Å². The van der Waals surface area contributed by atoms with E-state index >= 15 is 0 Å². The number of aromatic nitrogens is 5. The quantitative estimate of drug-likeness (QED) is 0.289. The molecule has 0 saturated heterocycles. The normalized spacial score (nSPS) is 12.0. The number of carbonyl (C=O) groups excluding carboxylic acids is 1. The summed E-state index contributed by atoms with van der Waals surface area (Å²) in [7, 11) is 1.84. The van der Waals surface area contributed by atoms with Gasteiger partial charge >= 0.3 is 0 Å². The second-order valence-electron chi connectivity index (χ2n) is 8.61. The maximum atomic E-state index is 12.8. The third-order valence-corrected chi connectivity index (χ3v) is 6.33. The van der Waals surface area contributed by atoms with Crippen LogP contribution in [0.4, 0.5) is 11.5 Å². The molecule has 8 nitrogen and oxygen atoms in total. The number of hydrogen-bond donors (Lipinski definition) is 3. The maximum absolute atomic E-state index is 12.8. The fourth-order valence-electron chi connectivity index (χ4n) is 3.92. The molecule has 1 atom stereocenters. The van der Waals surface area contributed by atoms with E-state index < -0.39 is 0 Å². The highest BCUT2D eigenvalue weighted by Crippen LogP contribution is 2.26. The number of amides is 1. The lowest BCUT2D eigenvalue weighted by atomic mass is 10.1. The summed E-state index contributed by atoms with van der Waals surface area (Å²) in [5.41, 5.74) is 5.37. The summed E-state index contributed by atoms with van der Waals surface area (Å²) < 4.78 is 0. The minimum absolute atomic E-state index is 0.0154. The van der Waals surface area contributed by atoms with Crippen LogP contribution in [0.1, 0.15) is 30.8 Å². The van der Waals surface area contributed by atoms with E-state index in [1.807, 2.05) is 74.8 Å². The van der Waals surface area contributed by atoms with Gasteiger partial charge in [0.2, 0.25) is 0 Å². The lowest BCUT2D eigenvalue weighted by molar-refractivity contribution is 0.0735. The van der Waals surface area contributed by atoms with Crippen molar-refractivity contribution in [1.82, 2.24) is 30.0 Å². The van der Waals surface area contributed by atoms with E-state index in [1.165, 1.54) is 0 Å². The number of aromatic amines is 2. The van der Waals surface area contributed by atoms with Gasteiger partial charge in [0.25, 0.3) is 5.91 Å². The predicted molar refractivity (Wildman–Crippen MR) is 138 cm³/mol. The zero-order valence-electron chi connectivity index (χ0n) is 19.9. The van der Waals surface area contributed by atoms with E-state index in [2.05, 4.69) is 32.4 Å². The van der Waals surface area contributed by atoms with Crippen LogP contribution in [0.15, 0.2) is 73.2 Å². The van der Waals surface area contributed by atoms with E-state index in [4.69, 9.17) is 4.98 Å². The van der Waals surface area contributed by atoms with Crippen LogP contribution >= 0.6 is 0 Å². The predicted octanol–water partition coefficient (Wildman–Crippen LogP) is 5.63. The third kappa shape index (κ3) is 4.63. The SMILES string of the molecule is CCC(C)N(C)C(=O)c1cc2ccc(-c3nccc(Nc4ccc(-c5cn[nH]c5)cc4)n3)cc2[nH]1. The van der Waals surface area contributed by atoms with Crippen molar-refractivity contribution in [2.45, 2.75) is 26.3 Å². The number of anilines is 2. The number of rotatable bonds is 7. The summed E-state index contributed by atoms with van der Waals surface area (Å²) in [6.07, 6.45) is 6.30. The molecule has 35 heavy (non-hydrogen) atoms. The Labute approximate surface area is 203 Å². The van der Waals surface area contributed by atoms with Gasteiger partial charge in [0.1, 0.15) is 11.5 Å². The average Bonchev–Trinajstić information content (AvgIpc) is 3.58. The molecular weight excluding hydrogens is 438 g/mol. The van der Waals surface area contributed by atoms with E-state index in [-0.39, 0.29) is 11.9 Å². The lowest BCUT2D eigenvalue weighted by Crippen LogP contribution is -2.34. The molecule has 0 spiro atoms. The second-order valence-corrected chi connectivity index (χ2v) is 8.61. The first-order valence-electron chi connectivity index (χ1n) is 11.6. The van der Waals surface area contributed by atoms with Crippen LogP contribution in [0.2, 0.25) is 0 Å². The molecule has 3 aromatic heterocycles. The largest absolute Gasteiger partial charge is 0.351 e. The first kappa shape index (κ1) is 22.3. The second kappa shape index (κ2) is 9.42. The number of nitrogens with zero attached hydrogens (tertiary/aromatic N) is 4. The monoisotopic (exact) mass is 465 g/mol. The maximum Gasteiger partial charge on any atom is 0.270 e. The fraction of sp³-hybridized carbons (Fsp3) is 0.185. The van der Waals surface area contributed by atoms with Crippen LogP contribution in [0.3, 0.4) is 0 Å². The molecule has 0 aliphatic rings. The molecule has 3 N–H and O–H groups in total. The molecule has 0 radical (unpaired) electrons. The van der Waals surface area contributed by atoms with Gasteiger partial charge < -0.3 is 15.2 Å². The minimum Gasteiger partial charge on any atom is -0.351 e. The molecule has 0 aliphatic heterocycles. The van der Waals surface area contributed by atoms with E-state index in [0.717, 1.165) is 39.7 Å². The molecule has 176 valence electrons. The first-order chi connectivity index (χ1) is 17.0. The van der Waals surface area contributed by atoms with Crippen LogP contribution < -0.4 is 5.32 Å². The summed E-state index contributed by atoms with van der Waals surface area (Å²) in [6.45, 7) is 4.12. The van der Waals surface area contributed by atoms with Gasteiger partial charge in [-0.15, -0.1) is 0 Å². The van der Waals surface area contributed by atoms with Gasteiger partial charge in [0.05, 0.1) is 6.20 Å². The molecule has 3 heterocycles. The first-order valence-corrected chi connectivity index (χ1v) is 11.6. The van der Waals surface area contributed by atoms with Crippen molar-refractivity contribution in [1.29, 1.82) is 0 Å². The Morgan fingerprint density at radius 1 is 1.06 bits per heavy atom. The molecule has 0 bridgehead atoms. The molecular formula is C27H27N7O. The standard InChI is InChI=1S/C27H27N7O/c1-4-17(2)34(3)27(35)24-13-19-5-6-20(14-23(19)32-24)26-28-12-11-25(33-26)31-22-9-7-18(8-10-22)21-15-29-30-16-21/h5-17,32H,4H2,1-3H3,(H,29,30)(H,28,31,33). The van der Waals surface area contributed by atoms with Crippen molar-refractivity contribution in [3.05, 3.63) is 78.9 Å². The fourth-order valence-corrected chi connectivity index (χ4v) is 3.92. The number of H-pyrrole nitrogens is 2. The van der Waals surface area contributed by atoms with Gasteiger partial charge in [-0.3, -0.25) is 9.89 Å². The molecule has 8 heteroatoms. The smallest absolute Gasteiger partial charge is 0.270 e. The number of fused-ring (bicyclic) bond motifs is 1.